The van der Waals surface area contributed by atoms with Crippen molar-refractivity contribution in [3.8, 4) is 0 Å². The van der Waals surface area contributed by atoms with E-state index in [1.807, 2.05) is 12.3 Å². The Morgan fingerprint density at radius 2 is 2.33 bits per heavy atom. The first-order valence-electron chi connectivity index (χ1n) is 5.19. The molecule has 0 bridgehead atoms. The van der Waals surface area contributed by atoms with Crippen LogP contribution in [0.5, 0.6) is 0 Å². The molecule has 0 fully saturated rings. The van der Waals surface area contributed by atoms with Gasteiger partial charge >= 0.3 is 5.97 Å². The van der Waals surface area contributed by atoms with Crippen molar-refractivity contribution in [1.29, 1.82) is 0 Å². The second-order valence-electron chi connectivity index (χ2n) is 3.67. The highest BCUT2D eigenvalue weighted by Crippen LogP contribution is 2.20. The van der Waals surface area contributed by atoms with Crippen molar-refractivity contribution in [2.45, 2.75) is 13.5 Å². The number of nitrogens with zero attached hydrogens (tertiary/aromatic N) is 1. The van der Waals surface area contributed by atoms with Gasteiger partial charge in [0.15, 0.2) is 0 Å². The highest BCUT2D eigenvalue weighted by molar-refractivity contribution is 7.09. The maximum atomic E-state index is 11.8. The second-order valence-corrected chi connectivity index (χ2v) is 5.14. The summed E-state index contributed by atoms with van der Waals surface area (Å²) in [5.74, 6) is -0.502. The van der Waals surface area contributed by atoms with Crippen molar-refractivity contribution < 1.29 is 9.53 Å². The molecule has 94 valence electrons. The van der Waals surface area contributed by atoms with Gasteiger partial charge in [-0.1, -0.05) is 11.6 Å². The molecule has 2 aromatic rings. The largest absolute Gasteiger partial charge is 0.456 e. The average molecular weight is 283 g/mol. The highest BCUT2D eigenvalue weighted by Gasteiger charge is 2.13. The van der Waals surface area contributed by atoms with Crippen LogP contribution < -0.4 is 5.73 Å². The van der Waals surface area contributed by atoms with Gasteiger partial charge in [0.05, 0.1) is 21.3 Å². The Bertz CT molecular complexity index is 583. The number of carbonyl (C=O) groups excluding carboxylic acids is 1. The van der Waals surface area contributed by atoms with Gasteiger partial charge in [-0.25, -0.2) is 9.78 Å². The molecule has 0 spiro atoms. The smallest absolute Gasteiger partial charge is 0.340 e. The lowest BCUT2D eigenvalue weighted by molar-refractivity contribution is 0.0468. The number of carbonyl (C=O) groups is 1. The third kappa shape index (κ3) is 3.00. The summed E-state index contributed by atoms with van der Waals surface area (Å²) >= 11 is 7.42. The van der Waals surface area contributed by atoms with Gasteiger partial charge in [0.1, 0.15) is 6.61 Å². The summed E-state index contributed by atoms with van der Waals surface area (Å²) in [6, 6.07) is 4.69. The number of hydrogen-bond acceptors (Lipinski definition) is 5. The number of rotatable bonds is 3. The van der Waals surface area contributed by atoms with Gasteiger partial charge in [-0.3, -0.25) is 0 Å². The number of nitrogens with two attached hydrogens (primary N) is 1. The number of hydrogen-bond donors (Lipinski definition) is 1. The zero-order valence-corrected chi connectivity index (χ0v) is 11.2. The van der Waals surface area contributed by atoms with E-state index >= 15 is 0 Å². The topological polar surface area (TPSA) is 65.2 Å². The molecule has 2 rings (SSSR count). The van der Waals surface area contributed by atoms with E-state index in [1.165, 1.54) is 17.4 Å². The van der Waals surface area contributed by atoms with Gasteiger partial charge in [-0.2, -0.15) is 0 Å². The summed E-state index contributed by atoms with van der Waals surface area (Å²) in [7, 11) is 0. The predicted molar refractivity (Wildman–Crippen MR) is 71.8 cm³/mol. The van der Waals surface area contributed by atoms with E-state index in [-0.39, 0.29) is 12.2 Å². The van der Waals surface area contributed by atoms with Crippen LogP contribution in [-0.2, 0) is 11.3 Å². The van der Waals surface area contributed by atoms with Crippen molar-refractivity contribution in [3.05, 3.63) is 44.9 Å². The first-order valence-corrected chi connectivity index (χ1v) is 6.45. The minimum Gasteiger partial charge on any atom is -0.456 e. The van der Waals surface area contributed by atoms with E-state index in [0.29, 0.717) is 10.7 Å². The maximum absolute atomic E-state index is 11.8. The fourth-order valence-corrected chi connectivity index (χ4v) is 2.18. The van der Waals surface area contributed by atoms with Crippen LogP contribution >= 0.6 is 22.9 Å². The summed E-state index contributed by atoms with van der Waals surface area (Å²) in [5, 5.41) is 3.11. The number of halogens is 1. The molecule has 4 nitrogen and oxygen atoms in total. The van der Waals surface area contributed by atoms with Crippen molar-refractivity contribution in [2.24, 2.45) is 0 Å². The van der Waals surface area contributed by atoms with Crippen molar-refractivity contribution in [2.75, 3.05) is 5.73 Å². The molecule has 0 amide bonds. The van der Waals surface area contributed by atoms with Gasteiger partial charge < -0.3 is 10.5 Å². The van der Waals surface area contributed by atoms with Crippen LogP contribution in [0.15, 0.2) is 23.6 Å². The normalized spacial score (nSPS) is 10.3. The Balaban J connectivity index is 2.05. The monoisotopic (exact) mass is 282 g/mol. The number of anilines is 1. The van der Waals surface area contributed by atoms with Gasteiger partial charge in [0.2, 0.25) is 0 Å². The van der Waals surface area contributed by atoms with Crippen LogP contribution in [0.2, 0.25) is 5.02 Å². The highest BCUT2D eigenvalue weighted by atomic mass is 35.5. The van der Waals surface area contributed by atoms with Gasteiger partial charge in [0, 0.05) is 11.1 Å². The molecule has 0 unspecified atom stereocenters. The van der Waals surface area contributed by atoms with E-state index in [1.54, 1.807) is 12.1 Å². The SMILES string of the molecule is Cc1nc(COC(=O)c2cc(N)ccc2Cl)cs1. The molecular formula is C12H11ClN2O2S. The molecule has 1 heterocycles. The zero-order valence-electron chi connectivity index (χ0n) is 9.64. The summed E-state index contributed by atoms with van der Waals surface area (Å²) in [4.78, 5) is 16.0. The second kappa shape index (κ2) is 5.37. The number of benzene rings is 1. The number of aryl methyl sites for hydroxylation is 1. The van der Waals surface area contributed by atoms with Gasteiger partial charge in [0.25, 0.3) is 0 Å². The van der Waals surface area contributed by atoms with Crippen LogP contribution in [0.3, 0.4) is 0 Å². The van der Waals surface area contributed by atoms with Crippen LogP contribution in [0.4, 0.5) is 5.69 Å². The molecule has 2 N–H and O–H groups in total. The number of aromatic nitrogens is 1. The van der Waals surface area contributed by atoms with Crippen LogP contribution in [-0.4, -0.2) is 11.0 Å². The van der Waals surface area contributed by atoms with Crippen LogP contribution in [0.1, 0.15) is 21.1 Å². The molecule has 1 aromatic heterocycles. The fraction of sp³-hybridized carbons (Fsp3) is 0.167. The first-order chi connectivity index (χ1) is 8.56. The van der Waals surface area contributed by atoms with Crippen molar-refractivity contribution in [3.63, 3.8) is 0 Å². The molecule has 0 radical (unpaired) electrons. The van der Waals surface area contributed by atoms with E-state index in [4.69, 9.17) is 22.1 Å². The maximum Gasteiger partial charge on any atom is 0.340 e. The van der Waals surface area contributed by atoms with E-state index in [2.05, 4.69) is 4.98 Å². The van der Waals surface area contributed by atoms with Crippen molar-refractivity contribution >= 4 is 34.6 Å². The van der Waals surface area contributed by atoms with E-state index < -0.39 is 5.97 Å². The Kier molecular flexibility index (Phi) is 3.84. The minimum absolute atomic E-state index is 0.133. The van der Waals surface area contributed by atoms with E-state index in [9.17, 15) is 4.79 Å². The first kappa shape index (κ1) is 12.9. The minimum atomic E-state index is -0.502. The summed E-state index contributed by atoms with van der Waals surface area (Å²) in [6.07, 6.45) is 0. The number of thiazole rings is 1. The fourth-order valence-electron chi connectivity index (χ4n) is 1.39. The van der Waals surface area contributed by atoms with E-state index in [0.717, 1.165) is 10.7 Å². The molecule has 0 saturated carbocycles. The molecular weight excluding hydrogens is 272 g/mol. The molecule has 0 aliphatic heterocycles. The number of nitrogen functional groups attached to an aromatic ring is 1. The van der Waals surface area contributed by atoms with Crippen molar-refractivity contribution in [1.82, 2.24) is 4.98 Å². The van der Waals surface area contributed by atoms with Gasteiger partial charge in [-0.05, 0) is 25.1 Å². The summed E-state index contributed by atoms with van der Waals surface area (Å²) < 4.78 is 5.13. The number of ether oxygens (including phenoxy) is 1. The lowest BCUT2D eigenvalue weighted by Crippen LogP contribution is -2.06. The third-order valence-electron chi connectivity index (χ3n) is 2.23. The lowest BCUT2D eigenvalue weighted by Gasteiger charge is -2.05. The molecule has 0 aliphatic carbocycles. The lowest BCUT2D eigenvalue weighted by atomic mass is 10.2. The quantitative estimate of drug-likeness (QED) is 0.694. The molecule has 0 aliphatic rings. The Hall–Kier alpha value is -1.59. The number of esters is 1. The Labute approximate surface area is 113 Å². The average Bonchev–Trinajstić information content (AvgIpc) is 2.75. The Morgan fingerprint density at radius 1 is 1.56 bits per heavy atom. The Morgan fingerprint density at radius 3 is 3.00 bits per heavy atom. The standard InChI is InChI=1S/C12H11ClN2O2S/c1-7-15-9(6-18-7)5-17-12(16)10-4-8(14)2-3-11(10)13/h2-4,6H,5,14H2,1H3. The third-order valence-corrected chi connectivity index (χ3v) is 3.38. The molecule has 0 atom stereocenters. The predicted octanol–water partition coefficient (Wildman–Crippen LogP) is 3.04. The van der Waals surface area contributed by atoms with Crippen LogP contribution in [0.25, 0.3) is 0 Å². The molecule has 0 saturated heterocycles. The molecule has 1 aromatic carbocycles. The zero-order chi connectivity index (χ0) is 13.1. The molecule has 18 heavy (non-hydrogen) atoms. The summed E-state index contributed by atoms with van der Waals surface area (Å²) in [6.45, 7) is 2.03. The van der Waals surface area contributed by atoms with Gasteiger partial charge in [-0.15, -0.1) is 11.3 Å². The van der Waals surface area contributed by atoms with Crippen LogP contribution in [0, 0.1) is 6.92 Å². The molecule has 6 heteroatoms. The summed E-state index contributed by atoms with van der Waals surface area (Å²) in [5.41, 5.74) is 7.06.